The second kappa shape index (κ2) is 9.99. The van der Waals surface area contributed by atoms with Gasteiger partial charge in [0.25, 0.3) is 0 Å². The fraction of sp³-hybridized carbons (Fsp3) is 0.538. The molecular weight excluding hydrogens is 300 g/mol. The molecule has 0 radical (unpaired) electrons. The zero-order chi connectivity index (χ0) is 14.1. The van der Waals surface area contributed by atoms with Crippen LogP contribution in [0.15, 0.2) is 29.2 Å². The smallest absolute Gasteiger partial charge is 0.240 e. The Morgan fingerprint density at radius 1 is 1.05 bits per heavy atom. The topological polar surface area (TPSA) is 67.4 Å². The van der Waals surface area contributed by atoms with E-state index in [9.17, 15) is 8.42 Å². The van der Waals surface area contributed by atoms with E-state index in [4.69, 9.17) is 4.74 Å². The third-order valence-corrected chi connectivity index (χ3v) is 3.94. The predicted octanol–water partition coefficient (Wildman–Crippen LogP) is 1.78. The number of rotatable bonds is 9. The molecule has 0 amide bonds. The van der Waals surface area contributed by atoms with Crippen LogP contribution in [0.5, 0.6) is 5.75 Å². The minimum Gasteiger partial charge on any atom is -0.494 e. The van der Waals surface area contributed by atoms with Crippen LogP contribution in [0.25, 0.3) is 0 Å². The lowest BCUT2D eigenvalue weighted by Crippen LogP contribution is -2.32. The minimum absolute atomic E-state index is 0. The summed E-state index contributed by atoms with van der Waals surface area (Å²) in [5, 5.41) is 3.14. The quantitative estimate of drug-likeness (QED) is 0.680. The van der Waals surface area contributed by atoms with Gasteiger partial charge in [-0.1, -0.05) is 6.92 Å². The maximum Gasteiger partial charge on any atom is 0.240 e. The Hall–Kier alpha value is -0.820. The van der Waals surface area contributed by atoms with Gasteiger partial charge in [0.2, 0.25) is 10.0 Å². The van der Waals surface area contributed by atoms with E-state index >= 15 is 0 Å². The van der Waals surface area contributed by atoms with E-state index in [0.29, 0.717) is 25.4 Å². The molecule has 2 N–H and O–H groups in total. The van der Waals surface area contributed by atoms with Crippen LogP contribution in [0.2, 0.25) is 0 Å². The molecular formula is C13H23ClN2O3S. The number of nitrogens with one attached hydrogen (secondary N) is 2. The molecule has 5 nitrogen and oxygen atoms in total. The number of hydrogen-bond donors (Lipinski definition) is 2. The van der Waals surface area contributed by atoms with Crippen molar-refractivity contribution in [2.75, 3.05) is 26.2 Å². The molecule has 0 bridgehead atoms. The van der Waals surface area contributed by atoms with Crippen molar-refractivity contribution in [3.05, 3.63) is 24.3 Å². The highest BCUT2D eigenvalue weighted by Crippen LogP contribution is 2.15. The third-order valence-electron chi connectivity index (χ3n) is 2.47. The lowest BCUT2D eigenvalue weighted by molar-refractivity contribution is 0.340. The Kier molecular flexibility index (Phi) is 9.58. The number of benzene rings is 1. The van der Waals surface area contributed by atoms with E-state index in [1.54, 1.807) is 24.3 Å². The molecule has 0 heterocycles. The van der Waals surface area contributed by atoms with Gasteiger partial charge in [-0.2, -0.15) is 0 Å². The van der Waals surface area contributed by atoms with Crippen molar-refractivity contribution in [2.24, 2.45) is 0 Å². The number of hydrogen-bond acceptors (Lipinski definition) is 4. The van der Waals surface area contributed by atoms with Gasteiger partial charge in [0.1, 0.15) is 5.75 Å². The van der Waals surface area contributed by atoms with E-state index in [2.05, 4.69) is 17.0 Å². The predicted molar refractivity (Wildman–Crippen MR) is 83.2 cm³/mol. The molecule has 1 aromatic rings. The lowest BCUT2D eigenvalue weighted by atomic mass is 10.3. The van der Waals surface area contributed by atoms with E-state index in [-0.39, 0.29) is 17.3 Å². The molecule has 0 unspecified atom stereocenters. The van der Waals surface area contributed by atoms with Crippen LogP contribution < -0.4 is 14.8 Å². The van der Waals surface area contributed by atoms with Crippen LogP contribution in [0.4, 0.5) is 0 Å². The van der Waals surface area contributed by atoms with Crippen LogP contribution in [0.1, 0.15) is 20.3 Å². The lowest BCUT2D eigenvalue weighted by Gasteiger charge is -2.08. The molecule has 20 heavy (non-hydrogen) atoms. The van der Waals surface area contributed by atoms with Crippen molar-refractivity contribution in [3.8, 4) is 5.75 Å². The van der Waals surface area contributed by atoms with E-state index in [1.807, 2.05) is 6.92 Å². The summed E-state index contributed by atoms with van der Waals surface area (Å²) in [5.74, 6) is 0.672. The first-order chi connectivity index (χ1) is 9.10. The number of sulfonamides is 1. The highest BCUT2D eigenvalue weighted by atomic mass is 35.5. The van der Waals surface area contributed by atoms with Gasteiger partial charge in [-0.05, 0) is 44.2 Å². The van der Waals surface area contributed by atoms with E-state index in [0.717, 1.165) is 13.0 Å². The Morgan fingerprint density at radius 3 is 2.25 bits per heavy atom. The SMILES string of the molecule is CCCNCCNS(=O)(=O)c1ccc(OCC)cc1.Cl. The third kappa shape index (κ3) is 6.56. The second-order valence-corrected chi connectivity index (χ2v) is 5.82. The molecule has 0 aliphatic rings. The molecule has 0 aliphatic carbocycles. The van der Waals surface area contributed by atoms with Gasteiger partial charge in [0, 0.05) is 13.1 Å². The summed E-state index contributed by atoms with van der Waals surface area (Å²) in [7, 11) is -3.42. The van der Waals surface area contributed by atoms with Gasteiger partial charge in [-0.3, -0.25) is 0 Å². The van der Waals surface area contributed by atoms with Gasteiger partial charge in [0.05, 0.1) is 11.5 Å². The Bertz CT molecular complexity index is 463. The van der Waals surface area contributed by atoms with Crippen molar-refractivity contribution in [2.45, 2.75) is 25.2 Å². The monoisotopic (exact) mass is 322 g/mol. The van der Waals surface area contributed by atoms with Crippen molar-refractivity contribution in [3.63, 3.8) is 0 Å². The summed E-state index contributed by atoms with van der Waals surface area (Å²) in [6, 6.07) is 6.42. The molecule has 116 valence electrons. The van der Waals surface area contributed by atoms with Gasteiger partial charge in [-0.15, -0.1) is 12.4 Å². The summed E-state index contributed by atoms with van der Waals surface area (Å²) in [6.07, 6.45) is 1.03. The first kappa shape index (κ1) is 19.2. The van der Waals surface area contributed by atoms with Crippen LogP contribution >= 0.6 is 12.4 Å². The molecule has 0 spiro atoms. The summed E-state index contributed by atoms with van der Waals surface area (Å²) < 4.78 is 31.7. The highest BCUT2D eigenvalue weighted by molar-refractivity contribution is 7.89. The van der Waals surface area contributed by atoms with Gasteiger partial charge in [-0.25, -0.2) is 13.1 Å². The summed E-state index contributed by atoms with van der Waals surface area (Å²) in [4.78, 5) is 0.256. The van der Waals surface area contributed by atoms with Crippen LogP contribution in [-0.4, -0.2) is 34.7 Å². The van der Waals surface area contributed by atoms with Crippen LogP contribution in [-0.2, 0) is 10.0 Å². The Labute approximate surface area is 127 Å². The molecule has 0 aromatic heterocycles. The second-order valence-electron chi connectivity index (χ2n) is 4.05. The van der Waals surface area contributed by atoms with E-state index in [1.165, 1.54) is 0 Å². The normalized spacial score (nSPS) is 10.9. The average molecular weight is 323 g/mol. The zero-order valence-corrected chi connectivity index (χ0v) is 13.5. The summed E-state index contributed by atoms with van der Waals surface area (Å²) in [6.45, 7) is 6.42. The van der Waals surface area contributed by atoms with Crippen molar-refractivity contribution >= 4 is 22.4 Å². The van der Waals surface area contributed by atoms with Gasteiger partial charge < -0.3 is 10.1 Å². The zero-order valence-electron chi connectivity index (χ0n) is 11.9. The molecule has 0 atom stereocenters. The molecule has 1 rings (SSSR count). The first-order valence-electron chi connectivity index (χ1n) is 6.53. The average Bonchev–Trinajstić information content (AvgIpc) is 2.39. The minimum atomic E-state index is -3.42. The van der Waals surface area contributed by atoms with Crippen LogP contribution in [0, 0.1) is 0 Å². The van der Waals surface area contributed by atoms with Crippen molar-refractivity contribution in [1.29, 1.82) is 0 Å². The fourth-order valence-electron chi connectivity index (χ4n) is 1.54. The van der Waals surface area contributed by atoms with Crippen molar-refractivity contribution in [1.82, 2.24) is 10.0 Å². The van der Waals surface area contributed by atoms with Crippen molar-refractivity contribution < 1.29 is 13.2 Å². The maximum absolute atomic E-state index is 12.0. The van der Waals surface area contributed by atoms with Gasteiger partial charge in [0.15, 0.2) is 0 Å². The Balaban J connectivity index is 0.00000361. The molecule has 1 aromatic carbocycles. The molecule has 7 heteroatoms. The van der Waals surface area contributed by atoms with E-state index < -0.39 is 10.0 Å². The molecule has 0 aliphatic heterocycles. The number of halogens is 1. The summed E-state index contributed by atoms with van der Waals surface area (Å²) in [5.41, 5.74) is 0. The Morgan fingerprint density at radius 2 is 1.70 bits per heavy atom. The van der Waals surface area contributed by atoms with Crippen LogP contribution in [0.3, 0.4) is 0 Å². The first-order valence-corrected chi connectivity index (χ1v) is 8.01. The molecule has 0 fully saturated rings. The highest BCUT2D eigenvalue weighted by Gasteiger charge is 2.12. The molecule has 0 saturated heterocycles. The standard InChI is InChI=1S/C13H22N2O3S.ClH/c1-3-9-14-10-11-15-19(16,17)13-7-5-12(6-8-13)18-4-2;/h5-8,14-15H,3-4,9-11H2,1-2H3;1H. The number of ether oxygens (including phenoxy) is 1. The summed E-state index contributed by atoms with van der Waals surface area (Å²) >= 11 is 0. The largest absolute Gasteiger partial charge is 0.494 e. The maximum atomic E-state index is 12.0. The molecule has 0 saturated carbocycles. The van der Waals surface area contributed by atoms with Gasteiger partial charge >= 0.3 is 0 Å². The fourth-order valence-corrected chi connectivity index (χ4v) is 2.57.